The maximum absolute atomic E-state index is 12.9. The van der Waals surface area contributed by atoms with Gasteiger partial charge in [0.2, 0.25) is 0 Å². The van der Waals surface area contributed by atoms with Gasteiger partial charge in [-0.1, -0.05) is 11.6 Å². The second-order valence-corrected chi connectivity index (χ2v) is 7.63. The molecule has 13 heteroatoms. The van der Waals surface area contributed by atoms with Crippen LogP contribution in [-0.2, 0) is 0 Å². The smallest absolute Gasteiger partial charge is 0.423 e. The molecule has 3 aromatic heterocycles. The Bertz CT molecular complexity index is 1110. The van der Waals surface area contributed by atoms with E-state index in [1.807, 2.05) is 5.43 Å². The first-order chi connectivity index (χ1) is 13.8. The lowest BCUT2D eigenvalue weighted by molar-refractivity contribution is 0.0931. The Balaban J connectivity index is 1.91. The van der Waals surface area contributed by atoms with Crippen molar-refractivity contribution in [3.05, 3.63) is 55.5 Å². The van der Waals surface area contributed by atoms with E-state index in [1.54, 1.807) is 29.9 Å². The highest BCUT2D eigenvalue weighted by molar-refractivity contribution is 9.10. The first-order valence-electron chi connectivity index (χ1n) is 7.83. The number of hydrogen-bond acceptors (Lipinski definition) is 6. The lowest BCUT2D eigenvalue weighted by Crippen LogP contribution is -2.40. The number of aromatic nitrogens is 3. The average Bonchev–Trinajstić information content (AvgIpc) is 3.23. The molecule has 0 aliphatic heterocycles. The molecule has 3 rings (SSSR count). The van der Waals surface area contributed by atoms with E-state index in [0.717, 1.165) is 11.3 Å². The number of amides is 3. The quantitative estimate of drug-likeness (QED) is 0.407. The molecule has 0 spiro atoms. The lowest BCUT2D eigenvalue weighted by Gasteiger charge is -2.10. The molecule has 0 aromatic carbocycles. The third kappa shape index (κ3) is 4.55. The molecule has 3 amide bonds. The van der Waals surface area contributed by atoms with Crippen LogP contribution in [0.4, 0.5) is 10.5 Å². The first-order valence-corrected chi connectivity index (χ1v) is 9.88. The molecule has 3 heterocycles. The maximum Gasteiger partial charge on any atom is 0.423 e. The average molecular weight is 500 g/mol. The fourth-order valence-electron chi connectivity index (χ4n) is 2.32. The number of hydrogen-bond donors (Lipinski definition) is 4. The predicted octanol–water partition coefficient (Wildman–Crippen LogP) is 3.22. The fraction of sp³-hybridized carbons (Fsp3) is 0.0625. The van der Waals surface area contributed by atoms with E-state index in [4.69, 9.17) is 16.7 Å². The molecular weight excluding hydrogens is 488 g/mol. The first kappa shape index (κ1) is 20.8. The monoisotopic (exact) mass is 498 g/mol. The van der Waals surface area contributed by atoms with Crippen LogP contribution in [-0.4, -0.2) is 37.8 Å². The highest BCUT2D eigenvalue weighted by atomic mass is 79.9. The van der Waals surface area contributed by atoms with Gasteiger partial charge in [0, 0.05) is 12.3 Å². The van der Waals surface area contributed by atoms with E-state index in [1.165, 1.54) is 16.9 Å². The molecule has 0 saturated carbocycles. The van der Waals surface area contributed by atoms with Gasteiger partial charge in [-0.15, -0.1) is 11.3 Å². The zero-order valence-corrected chi connectivity index (χ0v) is 17.7. The van der Waals surface area contributed by atoms with Crippen molar-refractivity contribution >= 4 is 62.5 Å². The van der Waals surface area contributed by atoms with Crippen LogP contribution in [0.2, 0.25) is 5.02 Å². The maximum atomic E-state index is 12.9. The van der Waals surface area contributed by atoms with Gasteiger partial charge in [0.1, 0.15) is 15.2 Å². The van der Waals surface area contributed by atoms with Crippen molar-refractivity contribution in [3.63, 3.8) is 0 Å². The van der Waals surface area contributed by atoms with Crippen molar-refractivity contribution < 1.29 is 19.5 Å². The minimum atomic E-state index is -1.42. The summed E-state index contributed by atoms with van der Waals surface area (Å²) >= 11 is 10.4. The Labute approximate surface area is 181 Å². The molecule has 29 heavy (non-hydrogen) atoms. The largest absolute Gasteiger partial charge is 0.464 e. The molecule has 0 radical (unpaired) electrons. The number of nitrogens with one attached hydrogen (secondary N) is 3. The molecule has 0 unspecified atom stereocenters. The molecule has 0 atom stereocenters. The number of carbonyl (C=O) groups is 3. The van der Waals surface area contributed by atoms with Crippen LogP contribution in [0.5, 0.6) is 0 Å². The summed E-state index contributed by atoms with van der Waals surface area (Å²) in [6, 6.07) is 4.74. The van der Waals surface area contributed by atoms with Crippen LogP contribution >= 0.6 is 38.9 Å². The van der Waals surface area contributed by atoms with Gasteiger partial charge in [-0.25, -0.2) is 19.9 Å². The van der Waals surface area contributed by atoms with E-state index in [0.29, 0.717) is 15.2 Å². The Hall–Kier alpha value is -2.96. The third-order valence-corrected chi connectivity index (χ3v) is 5.33. The molecular formula is C16H12BrClN6O4S. The van der Waals surface area contributed by atoms with Crippen LogP contribution in [0.15, 0.2) is 34.4 Å². The highest BCUT2D eigenvalue weighted by Crippen LogP contribution is 2.29. The second kappa shape index (κ2) is 8.59. The highest BCUT2D eigenvalue weighted by Gasteiger charge is 2.23. The van der Waals surface area contributed by atoms with Crippen LogP contribution in [0.1, 0.15) is 25.7 Å². The minimum Gasteiger partial charge on any atom is -0.464 e. The Morgan fingerprint density at radius 1 is 1.28 bits per heavy atom. The number of nitrogens with zero attached hydrogens (tertiary/aromatic N) is 3. The van der Waals surface area contributed by atoms with E-state index in [-0.39, 0.29) is 22.1 Å². The molecule has 0 saturated heterocycles. The van der Waals surface area contributed by atoms with Crippen LogP contribution in [0.3, 0.4) is 0 Å². The summed E-state index contributed by atoms with van der Waals surface area (Å²) in [6.07, 6.45) is 0.0950. The van der Waals surface area contributed by atoms with Gasteiger partial charge in [0.25, 0.3) is 11.8 Å². The van der Waals surface area contributed by atoms with Crippen molar-refractivity contribution in [1.29, 1.82) is 0 Å². The van der Waals surface area contributed by atoms with Crippen molar-refractivity contribution in [2.24, 2.45) is 0 Å². The number of aryl methyl sites for hydroxylation is 1. The van der Waals surface area contributed by atoms with E-state index in [2.05, 4.69) is 31.3 Å². The van der Waals surface area contributed by atoms with Crippen LogP contribution in [0.25, 0.3) is 5.82 Å². The van der Waals surface area contributed by atoms with E-state index in [9.17, 15) is 14.4 Å². The van der Waals surface area contributed by atoms with Crippen molar-refractivity contribution in [1.82, 2.24) is 25.6 Å². The number of carboxylic acid groups (broad SMARTS) is 1. The van der Waals surface area contributed by atoms with Gasteiger partial charge in [-0.05, 0) is 45.9 Å². The molecule has 4 N–H and O–H groups in total. The van der Waals surface area contributed by atoms with Crippen molar-refractivity contribution in [3.8, 4) is 5.82 Å². The summed E-state index contributed by atoms with van der Waals surface area (Å²) < 4.78 is 1.66. The van der Waals surface area contributed by atoms with Gasteiger partial charge in [0.05, 0.1) is 10.7 Å². The van der Waals surface area contributed by atoms with Gasteiger partial charge >= 0.3 is 6.09 Å². The Morgan fingerprint density at radius 3 is 2.72 bits per heavy atom. The predicted molar refractivity (Wildman–Crippen MR) is 110 cm³/mol. The number of halogens is 2. The van der Waals surface area contributed by atoms with Gasteiger partial charge < -0.3 is 10.4 Å². The number of hydrazine groups is 1. The number of carbonyl (C=O) groups excluding carboxylic acids is 2. The number of pyridine rings is 1. The summed E-state index contributed by atoms with van der Waals surface area (Å²) in [5.41, 5.74) is 4.81. The molecule has 10 nitrogen and oxygen atoms in total. The third-order valence-electron chi connectivity index (χ3n) is 3.55. The Morgan fingerprint density at radius 2 is 2.03 bits per heavy atom. The van der Waals surface area contributed by atoms with Crippen molar-refractivity contribution in [2.45, 2.75) is 6.92 Å². The summed E-state index contributed by atoms with van der Waals surface area (Å²) in [7, 11) is 0. The number of anilines is 1. The topological polar surface area (TPSA) is 138 Å². The molecule has 3 aromatic rings. The van der Waals surface area contributed by atoms with Gasteiger partial charge in [-0.2, -0.15) is 5.10 Å². The van der Waals surface area contributed by atoms with Crippen LogP contribution < -0.4 is 16.2 Å². The number of thiophene rings is 1. The Kier molecular flexibility index (Phi) is 6.15. The molecule has 0 aliphatic rings. The fourth-order valence-corrected chi connectivity index (χ4v) is 3.80. The normalized spacial score (nSPS) is 10.4. The zero-order chi connectivity index (χ0) is 21.1. The van der Waals surface area contributed by atoms with E-state index >= 15 is 0 Å². The molecule has 0 bridgehead atoms. The van der Waals surface area contributed by atoms with Crippen molar-refractivity contribution in [2.75, 3.05) is 5.32 Å². The standard InChI is InChI=1S/C16H12BrClN6O4S/c1-7-6-29-12(15(26)21-22-16(27)28)11(7)20-14(25)9-5-10(17)23-24(9)13-8(18)3-2-4-19-13/h2-6,22H,1H3,(H,20,25)(H,21,26)(H,27,28). The summed E-state index contributed by atoms with van der Waals surface area (Å²) in [4.78, 5) is 40.0. The molecule has 0 fully saturated rings. The van der Waals surface area contributed by atoms with Gasteiger partial charge in [0.15, 0.2) is 5.82 Å². The zero-order valence-electron chi connectivity index (χ0n) is 14.6. The summed E-state index contributed by atoms with van der Waals surface area (Å²) in [5.74, 6) is -1.01. The SMILES string of the molecule is Cc1csc(C(=O)NNC(=O)O)c1NC(=O)c1cc(Br)nn1-c1ncccc1Cl. The molecule has 150 valence electrons. The minimum absolute atomic E-state index is 0.123. The summed E-state index contributed by atoms with van der Waals surface area (Å²) in [5, 5.41) is 17.4. The summed E-state index contributed by atoms with van der Waals surface area (Å²) in [6.45, 7) is 1.70. The van der Waals surface area contributed by atoms with E-state index < -0.39 is 17.9 Å². The van der Waals surface area contributed by atoms with Crippen LogP contribution in [0, 0.1) is 6.92 Å². The van der Waals surface area contributed by atoms with Gasteiger partial charge in [-0.3, -0.25) is 15.0 Å². The number of rotatable bonds is 4. The second-order valence-electron chi connectivity index (χ2n) is 5.53. The molecule has 0 aliphatic carbocycles. The lowest BCUT2D eigenvalue weighted by atomic mass is 10.2.